The highest BCUT2D eigenvalue weighted by molar-refractivity contribution is 6.36. The molecule has 2 atom stereocenters. The highest BCUT2D eigenvalue weighted by atomic mass is 35.5. The summed E-state index contributed by atoms with van der Waals surface area (Å²) >= 11 is 13.2. The van der Waals surface area contributed by atoms with Crippen LogP contribution in [0.2, 0.25) is 10.0 Å². The molecule has 9 nitrogen and oxygen atoms in total. The predicted molar refractivity (Wildman–Crippen MR) is 161 cm³/mol. The molecule has 0 bridgehead atoms. The van der Waals surface area contributed by atoms with Crippen LogP contribution in [-0.4, -0.2) is 70.9 Å². The SMILES string of the molecule is CO[C@H]1C[C@@H](COC2CCC(C(=O)O)CC2)N(C(=O)Cc2cc(Cl)c(NC(=O)c3cn(C)c4ccccc34)cc2Cl)C1. The number of aliphatic carboxylic acids is 1. The van der Waals surface area contributed by atoms with E-state index in [1.165, 1.54) is 0 Å². The second-order valence-corrected chi connectivity index (χ2v) is 12.0. The van der Waals surface area contributed by atoms with Gasteiger partial charge < -0.3 is 29.4 Å². The maximum absolute atomic E-state index is 13.5. The topological polar surface area (TPSA) is 110 Å². The van der Waals surface area contributed by atoms with E-state index in [1.807, 2.05) is 35.9 Å². The number of nitrogens with one attached hydrogen (secondary N) is 1. The molecule has 0 unspecified atom stereocenters. The monoisotopic (exact) mass is 615 g/mol. The number of carbonyl (C=O) groups excluding carboxylic acids is 2. The van der Waals surface area contributed by atoms with Crippen LogP contribution in [0.3, 0.4) is 0 Å². The van der Waals surface area contributed by atoms with E-state index >= 15 is 0 Å². The van der Waals surface area contributed by atoms with Gasteiger partial charge in [0.1, 0.15) is 0 Å². The minimum absolute atomic E-state index is 0.0102. The summed E-state index contributed by atoms with van der Waals surface area (Å²) in [6.45, 7) is 0.807. The van der Waals surface area contributed by atoms with Crippen molar-refractivity contribution in [1.82, 2.24) is 9.47 Å². The molecule has 1 aliphatic carbocycles. The number of nitrogens with zero attached hydrogens (tertiary/aromatic N) is 2. The zero-order chi connectivity index (χ0) is 30.0. The van der Waals surface area contributed by atoms with E-state index < -0.39 is 5.97 Å². The minimum Gasteiger partial charge on any atom is -0.481 e. The van der Waals surface area contributed by atoms with E-state index in [0.29, 0.717) is 67.1 Å². The number of aryl methyl sites for hydroxylation is 1. The molecule has 2 heterocycles. The van der Waals surface area contributed by atoms with Gasteiger partial charge in [-0.25, -0.2) is 0 Å². The van der Waals surface area contributed by atoms with Gasteiger partial charge in [0.05, 0.1) is 53.5 Å². The molecule has 0 spiro atoms. The first kappa shape index (κ1) is 30.4. The highest BCUT2D eigenvalue weighted by Crippen LogP contribution is 2.33. The summed E-state index contributed by atoms with van der Waals surface area (Å²) < 4.78 is 13.6. The number of carboxylic acids is 1. The molecule has 1 saturated carbocycles. The second-order valence-electron chi connectivity index (χ2n) is 11.2. The number of fused-ring (bicyclic) bond motifs is 1. The Hall–Kier alpha value is -3.11. The number of hydrogen-bond acceptors (Lipinski definition) is 5. The Morgan fingerprint density at radius 2 is 1.79 bits per heavy atom. The third-order valence-electron chi connectivity index (χ3n) is 8.45. The Balaban J connectivity index is 1.23. The molecule has 1 aliphatic heterocycles. The van der Waals surface area contributed by atoms with Crippen LogP contribution in [0.1, 0.15) is 48.0 Å². The first-order valence-electron chi connectivity index (χ1n) is 14.1. The normalized spacial score (nSPS) is 22.4. The van der Waals surface area contributed by atoms with Crippen LogP contribution in [0.4, 0.5) is 5.69 Å². The average molecular weight is 617 g/mol. The van der Waals surface area contributed by atoms with Crippen LogP contribution in [0.5, 0.6) is 0 Å². The Kier molecular flexibility index (Phi) is 9.42. The number of benzene rings is 2. The van der Waals surface area contributed by atoms with Gasteiger partial charge in [0.15, 0.2) is 0 Å². The Bertz CT molecular complexity index is 1480. The summed E-state index contributed by atoms with van der Waals surface area (Å²) in [4.78, 5) is 39.6. The maximum atomic E-state index is 13.5. The number of hydrogen-bond donors (Lipinski definition) is 2. The number of rotatable bonds is 9. The Morgan fingerprint density at radius 1 is 1.05 bits per heavy atom. The summed E-state index contributed by atoms with van der Waals surface area (Å²) in [6, 6.07) is 10.7. The van der Waals surface area contributed by atoms with Gasteiger partial charge in [0.2, 0.25) is 5.91 Å². The minimum atomic E-state index is -0.747. The van der Waals surface area contributed by atoms with Crippen molar-refractivity contribution < 1.29 is 29.0 Å². The number of likely N-dealkylation sites (tertiary alicyclic amines) is 1. The molecule has 1 saturated heterocycles. The number of ether oxygens (including phenoxy) is 2. The molecular weight excluding hydrogens is 581 g/mol. The van der Waals surface area contributed by atoms with Crippen molar-refractivity contribution >= 4 is 57.6 Å². The number of anilines is 1. The fourth-order valence-corrected chi connectivity index (χ4v) is 6.49. The van der Waals surface area contributed by atoms with Gasteiger partial charge in [0.25, 0.3) is 5.91 Å². The van der Waals surface area contributed by atoms with Gasteiger partial charge >= 0.3 is 5.97 Å². The van der Waals surface area contributed by atoms with Gasteiger partial charge in [0, 0.05) is 42.8 Å². The number of methoxy groups -OCH3 is 1. The van der Waals surface area contributed by atoms with Crippen molar-refractivity contribution in [2.24, 2.45) is 13.0 Å². The molecule has 42 heavy (non-hydrogen) atoms. The molecule has 5 rings (SSSR count). The number of para-hydroxylation sites is 1. The van der Waals surface area contributed by atoms with Gasteiger partial charge in [-0.15, -0.1) is 0 Å². The predicted octanol–water partition coefficient (Wildman–Crippen LogP) is 5.56. The third kappa shape index (κ3) is 6.59. The zero-order valence-corrected chi connectivity index (χ0v) is 25.2. The number of halogens is 2. The molecule has 224 valence electrons. The van der Waals surface area contributed by atoms with E-state index in [1.54, 1.807) is 30.3 Å². The Morgan fingerprint density at radius 3 is 2.50 bits per heavy atom. The number of carboxylic acid groups (broad SMARTS) is 1. The lowest BCUT2D eigenvalue weighted by Crippen LogP contribution is -2.40. The molecule has 11 heteroatoms. The van der Waals surface area contributed by atoms with Gasteiger partial charge in [-0.05, 0) is 55.9 Å². The molecule has 2 aliphatic rings. The van der Waals surface area contributed by atoms with E-state index in [2.05, 4.69) is 5.32 Å². The molecule has 0 radical (unpaired) electrons. The number of carbonyl (C=O) groups is 3. The van der Waals surface area contributed by atoms with E-state index in [0.717, 1.165) is 10.9 Å². The lowest BCUT2D eigenvalue weighted by molar-refractivity contribution is -0.144. The number of amides is 2. The third-order valence-corrected chi connectivity index (χ3v) is 9.11. The van der Waals surface area contributed by atoms with Crippen LogP contribution >= 0.6 is 23.2 Å². The molecule has 2 N–H and O–H groups in total. The van der Waals surface area contributed by atoms with Crippen LogP contribution in [-0.2, 0) is 32.5 Å². The lowest BCUT2D eigenvalue weighted by Gasteiger charge is -2.30. The average Bonchev–Trinajstić information content (AvgIpc) is 3.56. The standard InChI is InChI=1S/C31H35Cl2N3O6/c1-35-16-24(23-5-3-4-6-28(23)35)30(38)34-27-14-25(32)19(11-26(27)33)12-29(37)36-15-22(41-2)13-20(36)17-42-21-9-7-18(8-10-21)31(39)40/h3-6,11,14,16,18,20-22H,7-10,12-13,15,17H2,1-2H3,(H,34,38)(H,39,40)/t18?,20-,21?,22-/m0/s1. The summed E-state index contributed by atoms with van der Waals surface area (Å²) in [5, 5.41) is 13.5. The quantitative estimate of drug-likeness (QED) is 0.326. The smallest absolute Gasteiger partial charge is 0.306 e. The van der Waals surface area contributed by atoms with Gasteiger partial charge in [-0.3, -0.25) is 14.4 Å². The molecule has 2 aromatic carbocycles. The molecule has 2 fully saturated rings. The van der Waals surface area contributed by atoms with Crippen LogP contribution in [0.15, 0.2) is 42.6 Å². The molecular formula is C31H35Cl2N3O6. The van der Waals surface area contributed by atoms with E-state index in [4.69, 9.17) is 32.7 Å². The van der Waals surface area contributed by atoms with Crippen molar-refractivity contribution in [3.05, 3.63) is 63.8 Å². The fourth-order valence-electron chi connectivity index (χ4n) is 6.03. The van der Waals surface area contributed by atoms with Crippen molar-refractivity contribution in [2.45, 2.75) is 56.8 Å². The van der Waals surface area contributed by atoms with Crippen molar-refractivity contribution in [3.63, 3.8) is 0 Å². The lowest BCUT2D eigenvalue weighted by atomic mass is 9.87. The molecule has 3 aromatic rings. The van der Waals surface area contributed by atoms with E-state index in [9.17, 15) is 19.5 Å². The molecule has 2 amide bonds. The van der Waals surface area contributed by atoms with E-state index in [-0.39, 0.29) is 47.4 Å². The number of aromatic nitrogens is 1. The van der Waals surface area contributed by atoms with Gasteiger partial charge in [-0.2, -0.15) is 0 Å². The summed E-state index contributed by atoms with van der Waals surface area (Å²) in [7, 11) is 3.51. The first-order valence-corrected chi connectivity index (χ1v) is 14.9. The fraction of sp³-hybridized carbons (Fsp3) is 0.452. The van der Waals surface area contributed by atoms with Crippen molar-refractivity contribution in [3.8, 4) is 0 Å². The maximum Gasteiger partial charge on any atom is 0.306 e. The van der Waals surface area contributed by atoms with Crippen molar-refractivity contribution in [2.75, 3.05) is 25.6 Å². The Labute approximate surface area is 254 Å². The summed E-state index contributed by atoms with van der Waals surface area (Å²) in [6.07, 6.45) is 4.95. The van der Waals surface area contributed by atoms with Crippen LogP contribution < -0.4 is 5.32 Å². The van der Waals surface area contributed by atoms with Crippen LogP contribution in [0, 0.1) is 5.92 Å². The van der Waals surface area contributed by atoms with Crippen LogP contribution in [0.25, 0.3) is 10.9 Å². The summed E-state index contributed by atoms with van der Waals surface area (Å²) in [5.41, 5.74) is 2.37. The zero-order valence-electron chi connectivity index (χ0n) is 23.6. The highest BCUT2D eigenvalue weighted by Gasteiger charge is 2.36. The largest absolute Gasteiger partial charge is 0.481 e. The van der Waals surface area contributed by atoms with Crippen molar-refractivity contribution in [1.29, 1.82) is 0 Å². The second kappa shape index (κ2) is 13.0. The molecule has 1 aromatic heterocycles. The van der Waals surface area contributed by atoms with Gasteiger partial charge in [-0.1, -0.05) is 41.4 Å². The first-order chi connectivity index (χ1) is 20.1. The summed E-state index contributed by atoms with van der Waals surface area (Å²) in [5.74, 6) is -1.48.